The Kier molecular flexibility index (Phi) is 3.99. The van der Waals surface area contributed by atoms with E-state index in [9.17, 15) is 18.0 Å². The van der Waals surface area contributed by atoms with E-state index in [-0.39, 0.29) is 5.56 Å². The van der Waals surface area contributed by atoms with Crippen molar-refractivity contribution in [3.8, 4) is 0 Å². The first-order chi connectivity index (χ1) is 8.12. The molecule has 0 atom stereocenters. The molecule has 0 amide bonds. The number of halogens is 3. The van der Waals surface area contributed by atoms with E-state index in [0.717, 1.165) is 0 Å². The van der Waals surface area contributed by atoms with Crippen molar-refractivity contribution in [3.05, 3.63) is 42.0 Å². The van der Waals surface area contributed by atoms with Crippen molar-refractivity contribution in [1.82, 2.24) is 0 Å². The molecular formula is C14H15F3O. The van der Waals surface area contributed by atoms with Gasteiger partial charge in [-0.25, -0.2) is 0 Å². The van der Waals surface area contributed by atoms with Crippen LogP contribution < -0.4 is 0 Å². The van der Waals surface area contributed by atoms with Gasteiger partial charge in [0, 0.05) is 5.41 Å². The maximum absolute atomic E-state index is 12.9. The van der Waals surface area contributed by atoms with Crippen LogP contribution in [0.4, 0.5) is 13.2 Å². The second-order valence-electron chi connectivity index (χ2n) is 5.04. The maximum atomic E-state index is 12.9. The molecule has 98 valence electrons. The van der Waals surface area contributed by atoms with Crippen molar-refractivity contribution in [2.24, 2.45) is 5.41 Å². The molecule has 4 heteroatoms. The normalized spacial score (nSPS) is 13.6. The number of alkyl halides is 3. The van der Waals surface area contributed by atoms with Gasteiger partial charge in [0.25, 0.3) is 0 Å². The van der Waals surface area contributed by atoms with Crippen LogP contribution in [-0.4, -0.2) is 12.0 Å². The van der Waals surface area contributed by atoms with E-state index < -0.39 is 22.9 Å². The Morgan fingerprint density at radius 3 is 1.94 bits per heavy atom. The van der Waals surface area contributed by atoms with E-state index >= 15 is 0 Å². The third kappa shape index (κ3) is 3.72. The fraction of sp³-hybridized carbons (Fsp3) is 0.357. The van der Waals surface area contributed by atoms with E-state index in [1.165, 1.54) is 24.3 Å². The predicted molar refractivity (Wildman–Crippen MR) is 64.9 cm³/mol. The van der Waals surface area contributed by atoms with Crippen molar-refractivity contribution < 1.29 is 18.0 Å². The molecule has 1 rings (SSSR count). The van der Waals surface area contributed by atoms with Crippen LogP contribution in [0.1, 0.15) is 26.3 Å². The fourth-order valence-electron chi connectivity index (χ4n) is 1.29. The average molecular weight is 256 g/mol. The van der Waals surface area contributed by atoms with Crippen LogP contribution >= 0.6 is 0 Å². The third-order valence-electron chi connectivity index (χ3n) is 2.40. The Hall–Kier alpha value is -1.58. The molecule has 0 aromatic heterocycles. The van der Waals surface area contributed by atoms with E-state index in [2.05, 4.69) is 0 Å². The van der Waals surface area contributed by atoms with Gasteiger partial charge < -0.3 is 0 Å². The van der Waals surface area contributed by atoms with Crippen molar-refractivity contribution in [1.29, 1.82) is 0 Å². The van der Waals surface area contributed by atoms with Gasteiger partial charge in [0.05, 0.1) is 5.57 Å². The minimum atomic E-state index is -4.54. The van der Waals surface area contributed by atoms with Gasteiger partial charge in [0.2, 0.25) is 0 Å². The van der Waals surface area contributed by atoms with Crippen molar-refractivity contribution in [3.63, 3.8) is 0 Å². The summed E-state index contributed by atoms with van der Waals surface area (Å²) in [5, 5.41) is 0. The van der Waals surface area contributed by atoms with E-state index in [1.807, 2.05) is 0 Å². The predicted octanol–water partition coefficient (Wildman–Crippen LogP) is 4.25. The van der Waals surface area contributed by atoms with Crippen molar-refractivity contribution in [2.75, 3.05) is 0 Å². The first kappa shape index (κ1) is 14.5. The summed E-state index contributed by atoms with van der Waals surface area (Å²) in [6.45, 7) is 4.76. The highest BCUT2D eigenvalue weighted by atomic mass is 19.4. The summed E-state index contributed by atoms with van der Waals surface area (Å²) < 4.78 is 38.8. The fourth-order valence-corrected chi connectivity index (χ4v) is 1.29. The van der Waals surface area contributed by atoms with Gasteiger partial charge in [0.15, 0.2) is 5.78 Å². The number of carbonyl (C=O) groups excluding carboxylic acids is 1. The highest BCUT2D eigenvalue weighted by Crippen LogP contribution is 2.34. The van der Waals surface area contributed by atoms with Gasteiger partial charge >= 0.3 is 6.18 Å². The van der Waals surface area contributed by atoms with E-state index in [4.69, 9.17) is 0 Å². The molecule has 0 saturated heterocycles. The minimum absolute atomic E-state index is 0.00241. The SMILES string of the molecule is CC(C)(C)C(=O)/C=C(\c1ccccc1)C(F)(F)F. The van der Waals surface area contributed by atoms with Gasteiger partial charge in [-0.1, -0.05) is 51.1 Å². The van der Waals surface area contributed by atoms with E-state index in [0.29, 0.717) is 6.08 Å². The molecule has 0 aliphatic rings. The molecular weight excluding hydrogens is 241 g/mol. The largest absolute Gasteiger partial charge is 0.417 e. The molecule has 0 aliphatic heterocycles. The first-order valence-electron chi connectivity index (χ1n) is 5.51. The monoisotopic (exact) mass is 256 g/mol. The molecule has 18 heavy (non-hydrogen) atoms. The number of hydrogen-bond acceptors (Lipinski definition) is 1. The molecule has 0 unspecified atom stereocenters. The Bertz CT molecular complexity index is 450. The molecule has 1 aromatic rings. The van der Waals surface area contributed by atoms with Gasteiger partial charge in [-0.05, 0) is 11.6 Å². The lowest BCUT2D eigenvalue weighted by molar-refractivity contribution is -0.121. The van der Waals surface area contributed by atoms with Crippen LogP contribution in [0.25, 0.3) is 5.57 Å². The maximum Gasteiger partial charge on any atom is 0.417 e. The Labute approximate surface area is 104 Å². The number of hydrogen-bond donors (Lipinski definition) is 0. The first-order valence-corrected chi connectivity index (χ1v) is 5.51. The molecule has 0 N–H and O–H groups in total. The summed E-state index contributed by atoms with van der Waals surface area (Å²) in [5.41, 5.74) is -1.73. The lowest BCUT2D eigenvalue weighted by Gasteiger charge is -2.17. The van der Waals surface area contributed by atoms with Gasteiger partial charge in [0.1, 0.15) is 0 Å². The lowest BCUT2D eigenvalue weighted by Crippen LogP contribution is -2.20. The molecule has 0 radical (unpaired) electrons. The Morgan fingerprint density at radius 2 is 1.56 bits per heavy atom. The summed E-state index contributed by atoms with van der Waals surface area (Å²) in [7, 11) is 0. The molecule has 0 saturated carbocycles. The number of carbonyl (C=O) groups is 1. The quantitative estimate of drug-likeness (QED) is 0.723. The minimum Gasteiger partial charge on any atom is -0.294 e. The third-order valence-corrected chi connectivity index (χ3v) is 2.40. The zero-order chi connectivity index (χ0) is 14.0. The summed E-state index contributed by atoms with van der Waals surface area (Å²) in [5.74, 6) is -0.543. The van der Waals surface area contributed by atoms with E-state index in [1.54, 1.807) is 26.8 Å². The zero-order valence-electron chi connectivity index (χ0n) is 10.5. The summed E-state index contributed by atoms with van der Waals surface area (Å²) in [6, 6.07) is 7.33. The number of rotatable bonds is 2. The molecule has 0 spiro atoms. The molecule has 0 heterocycles. The number of benzene rings is 1. The molecule has 0 fully saturated rings. The van der Waals surface area contributed by atoms with Crippen molar-refractivity contribution >= 4 is 11.4 Å². The number of allylic oxidation sites excluding steroid dienone is 2. The molecule has 0 bridgehead atoms. The lowest BCUT2D eigenvalue weighted by atomic mass is 9.88. The molecule has 1 nitrogen and oxygen atoms in total. The second-order valence-corrected chi connectivity index (χ2v) is 5.04. The van der Waals surface area contributed by atoms with Crippen LogP contribution in [0.15, 0.2) is 36.4 Å². The van der Waals surface area contributed by atoms with Gasteiger partial charge in [-0.2, -0.15) is 13.2 Å². The van der Waals surface area contributed by atoms with Crippen LogP contribution in [0.3, 0.4) is 0 Å². The molecule has 0 aliphatic carbocycles. The summed E-state index contributed by atoms with van der Waals surface area (Å²) in [6.07, 6.45) is -3.85. The number of ketones is 1. The van der Waals surface area contributed by atoms with Gasteiger partial charge in [-0.3, -0.25) is 4.79 Å². The van der Waals surface area contributed by atoms with Gasteiger partial charge in [-0.15, -0.1) is 0 Å². The highest BCUT2D eigenvalue weighted by Gasteiger charge is 2.36. The smallest absolute Gasteiger partial charge is 0.294 e. The summed E-state index contributed by atoms with van der Waals surface area (Å²) in [4.78, 5) is 11.7. The van der Waals surface area contributed by atoms with Crippen molar-refractivity contribution in [2.45, 2.75) is 26.9 Å². The van der Waals surface area contributed by atoms with Crippen LogP contribution in [-0.2, 0) is 4.79 Å². The standard InChI is InChI=1S/C14H15F3O/c1-13(2,3)12(18)9-11(14(15,16)17)10-7-5-4-6-8-10/h4-9H,1-3H3/b11-9+. The molecule has 1 aromatic carbocycles. The second kappa shape index (κ2) is 4.96. The summed E-state index contributed by atoms with van der Waals surface area (Å²) >= 11 is 0. The average Bonchev–Trinajstić information content (AvgIpc) is 2.23. The van der Waals surface area contributed by atoms with Crippen LogP contribution in [0, 0.1) is 5.41 Å². The van der Waals surface area contributed by atoms with Crippen LogP contribution in [0.5, 0.6) is 0 Å². The van der Waals surface area contributed by atoms with Crippen LogP contribution in [0.2, 0.25) is 0 Å². The highest BCUT2D eigenvalue weighted by molar-refractivity contribution is 6.00. The zero-order valence-corrected chi connectivity index (χ0v) is 10.5. The Balaban J connectivity index is 3.25. The topological polar surface area (TPSA) is 17.1 Å². The Morgan fingerprint density at radius 1 is 1.06 bits per heavy atom.